The topological polar surface area (TPSA) is 29.1 Å². The Labute approximate surface area is 65.5 Å². The van der Waals surface area contributed by atoms with Gasteiger partial charge in [-0.15, -0.1) is 0 Å². The summed E-state index contributed by atoms with van der Waals surface area (Å²) in [6, 6.07) is 0.0499. The molecule has 0 saturated carbocycles. The summed E-state index contributed by atoms with van der Waals surface area (Å²) in [5.74, 6) is 0.00843. The molecule has 1 aliphatic heterocycles. The molecule has 1 fully saturated rings. The van der Waals surface area contributed by atoms with Crippen LogP contribution in [0.1, 0.15) is 13.3 Å². The van der Waals surface area contributed by atoms with Crippen LogP contribution in [0.5, 0.6) is 0 Å². The van der Waals surface area contributed by atoms with E-state index in [1.807, 2.05) is 0 Å². The average molecular weight is 157 g/mol. The number of ketones is 1. The molecule has 3 heteroatoms. The molecule has 0 aliphatic carbocycles. The van der Waals surface area contributed by atoms with E-state index in [-0.39, 0.29) is 11.8 Å². The van der Waals surface area contributed by atoms with Gasteiger partial charge in [-0.1, -0.05) is 6.08 Å². The third-order valence-electron chi connectivity index (χ3n) is 1.67. The summed E-state index contributed by atoms with van der Waals surface area (Å²) < 4.78 is 12.5. The van der Waals surface area contributed by atoms with E-state index in [1.165, 1.54) is 13.0 Å². The Kier molecular flexibility index (Phi) is 2.76. The highest BCUT2D eigenvalue weighted by atomic mass is 19.1. The van der Waals surface area contributed by atoms with E-state index in [1.54, 1.807) is 6.08 Å². The van der Waals surface area contributed by atoms with Crippen LogP contribution in [0, 0.1) is 0 Å². The lowest BCUT2D eigenvalue weighted by Crippen LogP contribution is -2.18. The SMILES string of the molecule is CC(=O)/C=C/C1CC(F)CN1. The van der Waals surface area contributed by atoms with Crippen molar-refractivity contribution < 1.29 is 9.18 Å². The minimum Gasteiger partial charge on any atom is -0.308 e. The molecular formula is C8H12FNO. The van der Waals surface area contributed by atoms with Crippen LogP contribution in [0.25, 0.3) is 0 Å². The number of hydrogen-bond acceptors (Lipinski definition) is 2. The molecule has 0 aromatic heterocycles. The van der Waals surface area contributed by atoms with Crippen molar-refractivity contribution >= 4 is 5.78 Å². The summed E-state index contributed by atoms with van der Waals surface area (Å²) in [5, 5.41) is 2.95. The van der Waals surface area contributed by atoms with Gasteiger partial charge in [-0.3, -0.25) is 4.79 Å². The second-order valence-electron chi connectivity index (χ2n) is 2.82. The first-order valence-electron chi connectivity index (χ1n) is 3.74. The summed E-state index contributed by atoms with van der Waals surface area (Å²) in [4.78, 5) is 10.5. The van der Waals surface area contributed by atoms with Crippen LogP contribution in [0.4, 0.5) is 4.39 Å². The Morgan fingerprint density at radius 2 is 2.45 bits per heavy atom. The van der Waals surface area contributed by atoms with Gasteiger partial charge in [0.1, 0.15) is 6.17 Å². The molecule has 1 saturated heterocycles. The fraction of sp³-hybridized carbons (Fsp3) is 0.625. The predicted octanol–water partition coefficient (Wildman–Crippen LogP) is 0.832. The highest BCUT2D eigenvalue weighted by Gasteiger charge is 2.20. The molecular weight excluding hydrogens is 145 g/mol. The van der Waals surface area contributed by atoms with E-state index in [0.29, 0.717) is 13.0 Å². The lowest BCUT2D eigenvalue weighted by Gasteiger charge is -1.99. The number of carbonyl (C=O) groups excluding carboxylic acids is 1. The molecule has 0 spiro atoms. The van der Waals surface area contributed by atoms with Crippen LogP contribution >= 0.6 is 0 Å². The number of nitrogens with one attached hydrogen (secondary N) is 1. The Morgan fingerprint density at radius 1 is 1.73 bits per heavy atom. The first kappa shape index (κ1) is 8.40. The molecule has 0 aromatic rings. The molecule has 2 nitrogen and oxygen atoms in total. The van der Waals surface area contributed by atoms with Crippen LogP contribution in [0.15, 0.2) is 12.2 Å². The molecule has 11 heavy (non-hydrogen) atoms. The third-order valence-corrected chi connectivity index (χ3v) is 1.67. The molecule has 0 amide bonds. The van der Waals surface area contributed by atoms with E-state index in [4.69, 9.17) is 0 Å². The molecule has 1 N–H and O–H groups in total. The number of allylic oxidation sites excluding steroid dienone is 1. The second-order valence-corrected chi connectivity index (χ2v) is 2.82. The molecule has 0 aromatic carbocycles. The van der Waals surface area contributed by atoms with Crippen molar-refractivity contribution in [3.8, 4) is 0 Å². The van der Waals surface area contributed by atoms with Gasteiger partial charge in [0.05, 0.1) is 0 Å². The summed E-state index contributed by atoms with van der Waals surface area (Å²) >= 11 is 0. The zero-order valence-electron chi connectivity index (χ0n) is 6.51. The maximum absolute atomic E-state index is 12.5. The molecule has 1 aliphatic rings. The first-order chi connectivity index (χ1) is 5.18. The largest absolute Gasteiger partial charge is 0.308 e. The van der Waals surface area contributed by atoms with Gasteiger partial charge < -0.3 is 5.32 Å². The molecule has 2 unspecified atom stereocenters. The molecule has 2 atom stereocenters. The molecule has 62 valence electrons. The first-order valence-corrected chi connectivity index (χ1v) is 3.74. The lowest BCUT2D eigenvalue weighted by molar-refractivity contribution is -0.112. The fourth-order valence-corrected chi connectivity index (χ4v) is 1.12. The highest BCUT2D eigenvalue weighted by Crippen LogP contribution is 2.10. The number of hydrogen-bond donors (Lipinski definition) is 1. The summed E-state index contributed by atoms with van der Waals surface area (Å²) in [6.45, 7) is 1.89. The summed E-state index contributed by atoms with van der Waals surface area (Å²) in [7, 11) is 0. The number of halogens is 1. The zero-order valence-corrected chi connectivity index (χ0v) is 6.51. The molecule has 0 bridgehead atoms. The quantitative estimate of drug-likeness (QED) is 0.601. The van der Waals surface area contributed by atoms with Crippen molar-refractivity contribution in [3.05, 3.63) is 12.2 Å². The Morgan fingerprint density at radius 3 is 2.91 bits per heavy atom. The van der Waals surface area contributed by atoms with Crippen molar-refractivity contribution in [2.24, 2.45) is 0 Å². The van der Waals surface area contributed by atoms with E-state index in [2.05, 4.69) is 5.32 Å². The number of rotatable bonds is 2. The number of carbonyl (C=O) groups is 1. The molecule has 1 heterocycles. The highest BCUT2D eigenvalue weighted by molar-refractivity contribution is 5.87. The van der Waals surface area contributed by atoms with Crippen molar-refractivity contribution in [1.29, 1.82) is 0 Å². The van der Waals surface area contributed by atoms with E-state index >= 15 is 0 Å². The minimum absolute atomic E-state index is 0.00843. The normalized spacial score (nSPS) is 31.5. The van der Waals surface area contributed by atoms with E-state index in [0.717, 1.165) is 0 Å². The van der Waals surface area contributed by atoms with Crippen LogP contribution in [-0.4, -0.2) is 24.5 Å². The van der Waals surface area contributed by atoms with Gasteiger partial charge in [0.25, 0.3) is 0 Å². The Bertz CT molecular complexity index is 179. The molecule has 1 rings (SSSR count). The lowest BCUT2D eigenvalue weighted by atomic mass is 10.2. The van der Waals surface area contributed by atoms with Crippen molar-refractivity contribution in [2.75, 3.05) is 6.54 Å². The maximum Gasteiger partial charge on any atom is 0.152 e. The maximum atomic E-state index is 12.5. The van der Waals surface area contributed by atoms with Gasteiger partial charge >= 0.3 is 0 Å². The van der Waals surface area contributed by atoms with Crippen LogP contribution in [0.2, 0.25) is 0 Å². The van der Waals surface area contributed by atoms with Gasteiger partial charge in [-0.25, -0.2) is 4.39 Å². The fourth-order valence-electron chi connectivity index (χ4n) is 1.12. The van der Waals surface area contributed by atoms with Gasteiger partial charge in [0.2, 0.25) is 0 Å². The predicted molar refractivity (Wildman–Crippen MR) is 41.1 cm³/mol. The molecule has 0 radical (unpaired) electrons. The minimum atomic E-state index is -0.753. The standard InChI is InChI=1S/C8H12FNO/c1-6(11)2-3-8-4-7(9)5-10-8/h2-3,7-8,10H,4-5H2,1H3/b3-2+. The summed E-state index contributed by atoms with van der Waals surface area (Å²) in [6.07, 6.45) is 2.94. The monoisotopic (exact) mass is 157 g/mol. The summed E-state index contributed by atoms with van der Waals surface area (Å²) in [5.41, 5.74) is 0. The van der Waals surface area contributed by atoms with Crippen LogP contribution in [-0.2, 0) is 4.79 Å². The van der Waals surface area contributed by atoms with Crippen LogP contribution in [0.3, 0.4) is 0 Å². The van der Waals surface area contributed by atoms with Gasteiger partial charge in [-0.2, -0.15) is 0 Å². The van der Waals surface area contributed by atoms with Gasteiger partial charge in [-0.05, 0) is 19.4 Å². The smallest absolute Gasteiger partial charge is 0.152 e. The van der Waals surface area contributed by atoms with E-state index in [9.17, 15) is 9.18 Å². The van der Waals surface area contributed by atoms with E-state index < -0.39 is 6.17 Å². The Hall–Kier alpha value is -0.700. The van der Waals surface area contributed by atoms with Crippen molar-refractivity contribution in [3.63, 3.8) is 0 Å². The second kappa shape index (κ2) is 3.62. The number of alkyl halides is 1. The average Bonchev–Trinajstić information content (AvgIpc) is 2.31. The zero-order chi connectivity index (χ0) is 8.27. The van der Waals surface area contributed by atoms with Gasteiger partial charge in [0.15, 0.2) is 5.78 Å². The van der Waals surface area contributed by atoms with Crippen molar-refractivity contribution in [2.45, 2.75) is 25.6 Å². The van der Waals surface area contributed by atoms with Gasteiger partial charge in [0, 0.05) is 12.6 Å². The van der Waals surface area contributed by atoms with Crippen LogP contribution < -0.4 is 5.32 Å². The third kappa shape index (κ3) is 2.80. The van der Waals surface area contributed by atoms with Crippen molar-refractivity contribution in [1.82, 2.24) is 5.32 Å². The Balaban J connectivity index is 2.33.